The lowest BCUT2D eigenvalue weighted by molar-refractivity contribution is -0.149. The Hall–Kier alpha value is -2.98. The van der Waals surface area contributed by atoms with Gasteiger partial charge in [0, 0.05) is 63.0 Å². The molecule has 1 aromatic carbocycles. The molecule has 0 unspecified atom stereocenters. The van der Waals surface area contributed by atoms with Gasteiger partial charge >= 0.3 is 6.18 Å². The van der Waals surface area contributed by atoms with Crippen molar-refractivity contribution in [3.63, 3.8) is 0 Å². The number of alkyl halides is 3. The van der Waals surface area contributed by atoms with Crippen LogP contribution in [0.3, 0.4) is 0 Å². The quantitative estimate of drug-likeness (QED) is 0.603. The summed E-state index contributed by atoms with van der Waals surface area (Å²) in [6.07, 6.45) is -2.46. The number of amides is 1. The number of hydrogen-bond donors (Lipinski definition) is 1. The molecule has 1 N–H and O–H groups in total. The third kappa shape index (κ3) is 5.25. The zero-order chi connectivity index (χ0) is 22.9. The summed E-state index contributed by atoms with van der Waals surface area (Å²) in [6, 6.07) is 10.3. The van der Waals surface area contributed by atoms with Gasteiger partial charge in [-0.25, -0.2) is 8.91 Å². The Labute approximate surface area is 182 Å². The highest BCUT2D eigenvalue weighted by Gasteiger charge is 2.32. The van der Waals surface area contributed by atoms with Crippen LogP contribution in [0.15, 0.2) is 42.6 Å². The molecule has 1 fully saturated rings. The third-order valence-corrected chi connectivity index (χ3v) is 5.43. The fourth-order valence-electron chi connectivity index (χ4n) is 3.94. The number of carbonyl (C=O) groups is 1. The van der Waals surface area contributed by atoms with Crippen molar-refractivity contribution in [2.45, 2.75) is 19.6 Å². The van der Waals surface area contributed by atoms with Crippen LogP contribution in [0.25, 0.3) is 16.6 Å². The molecule has 10 heteroatoms. The summed E-state index contributed by atoms with van der Waals surface area (Å²) in [5, 5.41) is 6.93. The van der Waals surface area contributed by atoms with E-state index in [0.717, 1.165) is 11.1 Å². The topological polar surface area (TPSA) is 52.9 Å². The number of rotatable bonds is 5. The van der Waals surface area contributed by atoms with E-state index in [1.54, 1.807) is 28.9 Å². The fourth-order valence-corrected chi connectivity index (χ4v) is 3.94. The average molecular weight is 449 g/mol. The van der Waals surface area contributed by atoms with Gasteiger partial charge in [0.25, 0.3) is 0 Å². The summed E-state index contributed by atoms with van der Waals surface area (Å²) >= 11 is 0. The summed E-state index contributed by atoms with van der Waals surface area (Å²) in [6.45, 7) is 2.35. The van der Waals surface area contributed by atoms with Gasteiger partial charge in [0.15, 0.2) is 5.82 Å². The molecule has 6 nitrogen and oxygen atoms in total. The van der Waals surface area contributed by atoms with Crippen LogP contribution in [0, 0.1) is 5.82 Å². The smallest absolute Gasteiger partial charge is 0.309 e. The summed E-state index contributed by atoms with van der Waals surface area (Å²) < 4.78 is 54.1. The van der Waals surface area contributed by atoms with Crippen molar-refractivity contribution in [1.29, 1.82) is 0 Å². The van der Waals surface area contributed by atoms with Gasteiger partial charge in [-0.3, -0.25) is 14.6 Å². The number of fused-ring (bicyclic) bond motifs is 1. The normalized spacial score (nSPS) is 15.9. The second-order valence-corrected chi connectivity index (χ2v) is 7.94. The second-order valence-electron chi connectivity index (χ2n) is 7.94. The number of hydrogen-bond acceptors (Lipinski definition) is 4. The molecule has 2 aromatic heterocycles. The first-order valence-electron chi connectivity index (χ1n) is 10.2. The van der Waals surface area contributed by atoms with E-state index in [4.69, 9.17) is 0 Å². The number of anilines is 1. The first-order valence-corrected chi connectivity index (χ1v) is 10.2. The minimum absolute atomic E-state index is 0.232. The number of halogens is 4. The Kier molecular flexibility index (Phi) is 6.16. The van der Waals surface area contributed by atoms with E-state index in [9.17, 15) is 22.4 Å². The molecule has 0 atom stereocenters. The van der Waals surface area contributed by atoms with E-state index in [0.29, 0.717) is 49.7 Å². The number of aromatic nitrogens is 2. The van der Waals surface area contributed by atoms with Gasteiger partial charge in [-0.1, -0.05) is 18.2 Å². The van der Waals surface area contributed by atoms with Gasteiger partial charge in [-0.05, 0) is 17.7 Å². The lowest BCUT2D eigenvalue weighted by Gasteiger charge is -2.35. The molecule has 0 saturated carbocycles. The maximum atomic E-state index is 14.9. The van der Waals surface area contributed by atoms with Crippen molar-refractivity contribution in [2.75, 3.05) is 38.0 Å². The Morgan fingerprint density at radius 2 is 1.81 bits per heavy atom. The highest BCUT2D eigenvalue weighted by molar-refractivity contribution is 5.90. The molecule has 0 aliphatic carbocycles. The van der Waals surface area contributed by atoms with Crippen LogP contribution in [-0.2, 0) is 11.3 Å². The lowest BCUT2D eigenvalue weighted by Crippen LogP contribution is -2.48. The largest absolute Gasteiger partial charge is 0.401 e. The van der Waals surface area contributed by atoms with E-state index in [2.05, 4.69) is 10.4 Å². The molecule has 32 heavy (non-hydrogen) atoms. The predicted octanol–water partition coefficient (Wildman–Crippen LogP) is 3.78. The van der Waals surface area contributed by atoms with Crippen LogP contribution < -0.4 is 5.32 Å². The van der Waals surface area contributed by atoms with Crippen LogP contribution in [-0.4, -0.2) is 64.2 Å². The Bertz CT molecular complexity index is 1120. The molecule has 1 amide bonds. The molecule has 3 aromatic rings. The monoisotopic (exact) mass is 449 g/mol. The standard InChI is InChI=1S/C22H23F4N5O/c1-15(32)27-21-12-20-18(3-2-6-31(20)28-21)16-4-5-17(19(23)11-16)13-29-7-9-30(10-8-29)14-22(24,25)26/h2-6,11-12H,7-10,13-14H2,1H3,(H,27,28,32). The second kappa shape index (κ2) is 8.87. The van der Waals surface area contributed by atoms with Crippen molar-refractivity contribution < 1.29 is 22.4 Å². The maximum Gasteiger partial charge on any atom is 0.401 e. The minimum Gasteiger partial charge on any atom is -0.309 e. The highest BCUT2D eigenvalue weighted by atomic mass is 19.4. The number of piperazine rings is 1. The van der Waals surface area contributed by atoms with Crippen molar-refractivity contribution in [2.24, 2.45) is 0 Å². The fraction of sp³-hybridized carbons (Fsp3) is 0.364. The molecule has 1 aliphatic heterocycles. The summed E-state index contributed by atoms with van der Waals surface area (Å²) in [5.74, 6) is -0.194. The maximum absolute atomic E-state index is 14.9. The van der Waals surface area contributed by atoms with Crippen molar-refractivity contribution in [3.8, 4) is 11.1 Å². The van der Waals surface area contributed by atoms with Crippen molar-refractivity contribution in [3.05, 3.63) is 54.0 Å². The van der Waals surface area contributed by atoms with Gasteiger partial charge in [0.05, 0.1) is 12.1 Å². The molecule has 1 saturated heterocycles. The predicted molar refractivity (Wildman–Crippen MR) is 113 cm³/mol. The molecular weight excluding hydrogens is 426 g/mol. The van der Waals surface area contributed by atoms with E-state index in [1.807, 2.05) is 17.0 Å². The minimum atomic E-state index is -4.20. The molecule has 170 valence electrons. The summed E-state index contributed by atoms with van der Waals surface area (Å²) in [7, 11) is 0. The van der Waals surface area contributed by atoms with E-state index >= 15 is 0 Å². The van der Waals surface area contributed by atoms with Crippen molar-refractivity contribution in [1.82, 2.24) is 19.4 Å². The Morgan fingerprint density at radius 3 is 2.47 bits per heavy atom. The lowest BCUT2D eigenvalue weighted by atomic mass is 10.0. The van der Waals surface area contributed by atoms with E-state index < -0.39 is 12.7 Å². The van der Waals surface area contributed by atoms with E-state index in [1.165, 1.54) is 17.9 Å². The zero-order valence-corrected chi connectivity index (χ0v) is 17.5. The van der Waals surface area contributed by atoms with Gasteiger partial charge < -0.3 is 5.32 Å². The third-order valence-electron chi connectivity index (χ3n) is 5.43. The van der Waals surface area contributed by atoms with Crippen LogP contribution in [0.1, 0.15) is 12.5 Å². The molecule has 3 heterocycles. The van der Waals surface area contributed by atoms with Gasteiger partial charge in [-0.15, -0.1) is 0 Å². The van der Waals surface area contributed by atoms with Crippen LogP contribution in [0.5, 0.6) is 0 Å². The first-order chi connectivity index (χ1) is 15.2. The Balaban J connectivity index is 1.47. The number of benzene rings is 1. The van der Waals surface area contributed by atoms with E-state index in [-0.39, 0.29) is 11.7 Å². The Morgan fingerprint density at radius 1 is 1.09 bits per heavy atom. The summed E-state index contributed by atoms with van der Waals surface area (Å²) in [5.41, 5.74) is 2.66. The number of nitrogens with zero attached hydrogens (tertiary/aromatic N) is 4. The first kappa shape index (κ1) is 22.2. The number of pyridine rings is 1. The van der Waals surface area contributed by atoms with Crippen molar-refractivity contribution >= 4 is 17.2 Å². The van der Waals surface area contributed by atoms with Gasteiger partial charge in [0.2, 0.25) is 5.91 Å². The number of nitrogens with one attached hydrogen (secondary N) is 1. The van der Waals surface area contributed by atoms with Crippen LogP contribution in [0.4, 0.5) is 23.4 Å². The molecule has 0 bridgehead atoms. The average Bonchev–Trinajstić information content (AvgIpc) is 3.11. The molecule has 0 radical (unpaired) electrons. The summed E-state index contributed by atoms with van der Waals surface area (Å²) in [4.78, 5) is 14.6. The zero-order valence-electron chi connectivity index (χ0n) is 17.5. The number of carbonyl (C=O) groups excluding carboxylic acids is 1. The molecule has 1 aliphatic rings. The molecule has 4 rings (SSSR count). The van der Waals surface area contributed by atoms with Gasteiger partial charge in [0.1, 0.15) is 5.82 Å². The highest BCUT2D eigenvalue weighted by Crippen LogP contribution is 2.28. The molecule has 0 spiro atoms. The van der Waals surface area contributed by atoms with Crippen LogP contribution >= 0.6 is 0 Å². The molecular formula is C22H23F4N5O. The van der Waals surface area contributed by atoms with Gasteiger partial charge in [-0.2, -0.15) is 18.3 Å². The van der Waals surface area contributed by atoms with Crippen LogP contribution in [0.2, 0.25) is 0 Å². The SMILES string of the molecule is CC(=O)Nc1cc2c(-c3ccc(CN4CCN(CC(F)(F)F)CC4)c(F)c3)cccn2n1.